The topological polar surface area (TPSA) is 51.6 Å². The van der Waals surface area contributed by atoms with Crippen molar-refractivity contribution in [3.63, 3.8) is 0 Å². The summed E-state index contributed by atoms with van der Waals surface area (Å²) in [5.74, 6) is 2.90. The zero-order valence-corrected chi connectivity index (χ0v) is 15.3. The smallest absolute Gasteiger partial charge is 0.231 e. The molecule has 0 bridgehead atoms. The molecule has 1 saturated heterocycles. The number of hydrogen-bond acceptors (Lipinski definition) is 5. The number of piperidine rings is 1. The van der Waals surface area contributed by atoms with Gasteiger partial charge in [0.2, 0.25) is 6.79 Å². The Morgan fingerprint density at radius 1 is 1.27 bits per heavy atom. The third-order valence-electron chi connectivity index (χ3n) is 6.30. The Balaban J connectivity index is 1.41. The Hall–Kier alpha value is -2.05. The van der Waals surface area contributed by atoms with Crippen LogP contribution in [0.3, 0.4) is 0 Å². The minimum absolute atomic E-state index is 0.324. The van der Waals surface area contributed by atoms with E-state index in [1.807, 2.05) is 18.5 Å². The molecular formula is C20H26N4O2. The summed E-state index contributed by atoms with van der Waals surface area (Å²) >= 11 is 0. The molecule has 138 valence electrons. The van der Waals surface area contributed by atoms with Crippen LogP contribution in [0.5, 0.6) is 11.5 Å². The second kappa shape index (κ2) is 6.28. The molecule has 1 atom stereocenters. The van der Waals surface area contributed by atoms with E-state index in [-0.39, 0.29) is 0 Å². The van der Waals surface area contributed by atoms with E-state index in [2.05, 4.69) is 38.9 Å². The Bertz CT molecular complexity index is 797. The molecule has 0 amide bonds. The summed E-state index contributed by atoms with van der Waals surface area (Å²) in [5.41, 5.74) is 1.70. The van der Waals surface area contributed by atoms with E-state index in [9.17, 15) is 0 Å². The van der Waals surface area contributed by atoms with Crippen molar-refractivity contribution in [3.05, 3.63) is 42.0 Å². The molecule has 2 fully saturated rings. The van der Waals surface area contributed by atoms with E-state index in [4.69, 9.17) is 9.47 Å². The van der Waals surface area contributed by atoms with E-state index >= 15 is 0 Å². The Labute approximate surface area is 154 Å². The van der Waals surface area contributed by atoms with Gasteiger partial charge in [0.25, 0.3) is 0 Å². The molecule has 2 aliphatic heterocycles. The van der Waals surface area contributed by atoms with Crippen molar-refractivity contribution < 1.29 is 9.47 Å². The van der Waals surface area contributed by atoms with Crippen molar-refractivity contribution in [2.24, 2.45) is 12.5 Å². The van der Waals surface area contributed by atoms with Crippen LogP contribution in [-0.2, 0) is 20.1 Å². The maximum atomic E-state index is 5.75. The van der Waals surface area contributed by atoms with E-state index in [1.165, 1.54) is 24.8 Å². The monoisotopic (exact) mass is 354 g/mol. The molecule has 1 aromatic heterocycles. The fourth-order valence-electron chi connectivity index (χ4n) is 4.65. The number of imidazole rings is 1. The fourth-order valence-corrected chi connectivity index (χ4v) is 4.65. The van der Waals surface area contributed by atoms with Crippen molar-refractivity contribution >= 4 is 0 Å². The van der Waals surface area contributed by atoms with E-state index in [0.29, 0.717) is 18.2 Å². The summed E-state index contributed by atoms with van der Waals surface area (Å²) in [4.78, 5) is 7.17. The number of aromatic nitrogens is 2. The zero-order valence-electron chi connectivity index (χ0n) is 15.3. The minimum Gasteiger partial charge on any atom is -0.454 e. The van der Waals surface area contributed by atoms with Gasteiger partial charge in [0, 0.05) is 37.6 Å². The average molecular weight is 354 g/mol. The van der Waals surface area contributed by atoms with E-state index in [0.717, 1.165) is 43.5 Å². The average Bonchev–Trinajstić information content (AvgIpc) is 3.00. The lowest BCUT2D eigenvalue weighted by molar-refractivity contribution is 0.165. The van der Waals surface area contributed by atoms with Crippen molar-refractivity contribution in [1.29, 1.82) is 0 Å². The molecule has 6 nitrogen and oxygen atoms in total. The maximum absolute atomic E-state index is 5.75. The highest BCUT2D eigenvalue weighted by Crippen LogP contribution is 2.56. The molecule has 5 rings (SSSR count). The fraction of sp³-hybridized carbons (Fsp3) is 0.550. The van der Waals surface area contributed by atoms with Gasteiger partial charge in [0.1, 0.15) is 5.82 Å². The first-order valence-electron chi connectivity index (χ1n) is 9.54. The first-order chi connectivity index (χ1) is 12.8. The third kappa shape index (κ3) is 2.77. The largest absolute Gasteiger partial charge is 0.454 e. The first-order valence-corrected chi connectivity index (χ1v) is 9.54. The van der Waals surface area contributed by atoms with Gasteiger partial charge in [-0.1, -0.05) is 12.1 Å². The van der Waals surface area contributed by atoms with Gasteiger partial charge in [-0.3, -0.25) is 4.90 Å². The SMILES string of the molecule is Cn1ccnc1CN(Cc1cccc2c1OCO2)[C@H]1CC12CCNCC2. The van der Waals surface area contributed by atoms with Crippen molar-refractivity contribution in [3.8, 4) is 11.5 Å². The van der Waals surface area contributed by atoms with Gasteiger partial charge in [-0.25, -0.2) is 4.98 Å². The van der Waals surface area contributed by atoms with Crippen LogP contribution in [0.25, 0.3) is 0 Å². The predicted molar refractivity (Wildman–Crippen MR) is 98.0 cm³/mol. The van der Waals surface area contributed by atoms with Crippen LogP contribution in [0.2, 0.25) is 0 Å². The number of nitrogens with zero attached hydrogens (tertiary/aromatic N) is 3. The van der Waals surface area contributed by atoms with Crippen LogP contribution in [0.4, 0.5) is 0 Å². The highest BCUT2D eigenvalue weighted by atomic mass is 16.7. The summed E-state index contributed by atoms with van der Waals surface area (Å²) in [7, 11) is 2.07. The predicted octanol–water partition coefficient (Wildman–Crippen LogP) is 2.29. The molecule has 0 radical (unpaired) electrons. The van der Waals surface area contributed by atoms with Gasteiger partial charge in [-0.05, 0) is 43.8 Å². The van der Waals surface area contributed by atoms with Gasteiger partial charge in [-0.2, -0.15) is 0 Å². The van der Waals surface area contributed by atoms with Crippen LogP contribution < -0.4 is 14.8 Å². The number of fused-ring (bicyclic) bond motifs is 1. The van der Waals surface area contributed by atoms with Gasteiger partial charge in [-0.15, -0.1) is 0 Å². The summed E-state index contributed by atoms with van der Waals surface area (Å²) in [5, 5.41) is 3.51. The van der Waals surface area contributed by atoms with Crippen LogP contribution in [0.15, 0.2) is 30.6 Å². The number of benzene rings is 1. The van der Waals surface area contributed by atoms with Gasteiger partial charge < -0.3 is 19.4 Å². The van der Waals surface area contributed by atoms with Gasteiger partial charge in [0.15, 0.2) is 11.5 Å². The second-order valence-electron chi connectivity index (χ2n) is 7.84. The van der Waals surface area contributed by atoms with Crippen molar-refractivity contribution in [2.75, 3.05) is 19.9 Å². The molecule has 0 unspecified atom stereocenters. The Kier molecular flexibility index (Phi) is 3.90. The Morgan fingerprint density at radius 3 is 2.96 bits per heavy atom. The molecular weight excluding hydrogens is 328 g/mol. The molecule has 26 heavy (non-hydrogen) atoms. The van der Waals surface area contributed by atoms with Crippen molar-refractivity contribution in [2.45, 2.75) is 38.4 Å². The zero-order chi connectivity index (χ0) is 17.6. The quantitative estimate of drug-likeness (QED) is 0.893. The molecule has 1 aliphatic carbocycles. The second-order valence-corrected chi connectivity index (χ2v) is 7.84. The first kappa shape index (κ1) is 16.1. The summed E-state index contributed by atoms with van der Waals surface area (Å²) in [6.45, 7) is 4.35. The minimum atomic E-state index is 0.324. The normalized spacial score (nSPS) is 22.9. The lowest BCUT2D eigenvalue weighted by Gasteiger charge is -2.29. The Morgan fingerprint density at radius 2 is 2.15 bits per heavy atom. The molecule has 1 aromatic carbocycles. The molecule has 2 aromatic rings. The molecule has 1 saturated carbocycles. The highest BCUT2D eigenvalue weighted by molar-refractivity contribution is 5.48. The van der Waals surface area contributed by atoms with Gasteiger partial charge in [0.05, 0.1) is 6.54 Å². The summed E-state index contributed by atoms with van der Waals surface area (Å²) in [6, 6.07) is 6.84. The standard InChI is InChI=1S/C20H26N4O2/c1-23-10-9-22-18(23)13-24(17-11-20(17)5-7-21-8-6-20)12-15-3-2-4-16-19(15)26-14-25-16/h2-4,9-10,17,21H,5-8,11-14H2,1H3/t17-/m0/s1. The summed E-state index contributed by atoms with van der Waals surface area (Å²) in [6.07, 6.45) is 7.77. The highest BCUT2D eigenvalue weighted by Gasteiger charge is 2.56. The number of rotatable bonds is 5. The third-order valence-corrected chi connectivity index (χ3v) is 6.30. The van der Waals surface area contributed by atoms with E-state index < -0.39 is 0 Å². The van der Waals surface area contributed by atoms with Crippen LogP contribution >= 0.6 is 0 Å². The summed E-state index contributed by atoms with van der Waals surface area (Å²) < 4.78 is 13.4. The lowest BCUT2D eigenvalue weighted by atomic mass is 9.93. The number of aryl methyl sites for hydroxylation is 1. The lowest BCUT2D eigenvalue weighted by Crippen LogP contribution is -2.36. The van der Waals surface area contributed by atoms with E-state index in [1.54, 1.807) is 0 Å². The number of nitrogens with one attached hydrogen (secondary N) is 1. The molecule has 1 spiro atoms. The number of ether oxygens (including phenoxy) is 2. The number of para-hydroxylation sites is 1. The van der Waals surface area contributed by atoms with Gasteiger partial charge >= 0.3 is 0 Å². The van der Waals surface area contributed by atoms with Crippen molar-refractivity contribution in [1.82, 2.24) is 19.8 Å². The number of hydrogen-bond donors (Lipinski definition) is 1. The van der Waals surface area contributed by atoms with Crippen LogP contribution in [-0.4, -0.2) is 40.4 Å². The molecule has 3 heterocycles. The maximum Gasteiger partial charge on any atom is 0.231 e. The molecule has 6 heteroatoms. The van der Waals surface area contributed by atoms with Crippen LogP contribution in [0, 0.1) is 5.41 Å². The van der Waals surface area contributed by atoms with Crippen LogP contribution in [0.1, 0.15) is 30.7 Å². The molecule has 1 N–H and O–H groups in total. The molecule has 3 aliphatic rings.